The van der Waals surface area contributed by atoms with E-state index < -0.39 is 41.9 Å². The van der Waals surface area contributed by atoms with Gasteiger partial charge in [-0.15, -0.1) is 0 Å². The number of carbonyl (C=O) groups excluding carboxylic acids is 4. The Kier molecular flexibility index (Phi) is 4.44. The summed E-state index contributed by atoms with van der Waals surface area (Å²) in [6.45, 7) is -0.718. The van der Waals surface area contributed by atoms with Gasteiger partial charge in [-0.1, -0.05) is 17.2 Å². The molecule has 2 aromatic rings. The molecule has 1 heterocycles. The van der Waals surface area contributed by atoms with Crippen molar-refractivity contribution in [1.29, 1.82) is 0 Å². The largest absolute Gasteiger partial charge is 0.352 e. The van der Waals surface area contributed by atoms with E-state index in [0.29, 0.717) is 11.1 Å². The molecule has 0 unspecified atom stereocenters. The second-order valence-corrected chi connectivity index (χ2v) is 5.25. The van der Waals surface area contributed by atoms with E-state index in [1.54, 1.807) is 12.1 Å². The number of amides is 3. The van der Waals surface area contributed by atoms with Gasteiger partial charge in [0.1, 0.15) is 18.2 Å². The average molecular weight is 360 g/mol. The molecular formula is C17H10F2N2O5. The summed E-state index contributed by atoms with van der Waals surface area (Å²) < 4.78 is 26.2. The molecule has 9 heteroatoms. The van der Waals surface area contributed by atoms with Gasteiger partial charge in [-0.3, -0.25) is 14.4 Å². The maximum absolute atomic E-state index is 13.1. The molecule has 132 valence electrons. The Bertz CT molecular complexity index is 889. The maximum Gasteiger partial charge on any atom is 0.352 e. The number of hydrogen-bond acceptors (Lipinski definition) is 5. The van der Waals surface area contributed by atoms with Crippen LogP contribution in [0, 0.1) is 11.6 Å². The number of rotatable bonds is 4. The molecule has 3 amide bonds. The molecule has 0 bridgehead atoms. The van der Waals surface area contributed by atoms with Gasteiger partial charge in [0.25, 0.3) is 17.7 Å². The number of imide groups is 1. The van der Waals surface area contributed by atoms with Crippen molar-refractivity contribution >= 4 is 23.7 Å². The third-order valence-electron chi connectivity index (χ3n) is 3.47. The van der Waals surface area contributed by atoms with E-state index in [1.165, 1.54) is 12.1 Å². The Balaban J connectivity index is 1.61. The highest BCUT2D eigenvalue weighted by Crippen LogP contribution is 2.22. The van der Waals surface area contributed by atoms with Crippen molar-refractivity contribution in [3.05, 3.63) is 70.8 Å². The lowest BCUT2D eigenvalue weighted by molar-refractivity contribution is -0.167. The quantitative estimate of drug-likeness (QED) is 0.833. The molecule has 0 aromatic heterocycles. The van der Waals surface area contributed by atoms with E-state index >= 15 is 0 Å². The predicted molar refractivity (Wildman–Crippen MR) is 81.7 cm³/mol. The Hall–Kier alpha value is -3.62. The van der Waals surface area contributed by atoms with Crippen molar-refractivity contribution in [2.75, 3.05) is 6.54 Å². The fourth-order valence-corrected chi connectivity index (χ4v) is 2.32. The van der Waals surface area contributed by atoms with Crippen molar-refractivity contribution in [2.24, 2.45) is 0 Å². The predicted octanol–water partition coefficient (Wildman–Crippen LogP) is 1.45. The first-order valence-electron chi connectivity index (χ1n) is 7.29. The van der Waals surface area contributed by atoms with E-state index in [0.717, 1.165) is 12.1 Å². The third kappa shape index (κ3) is 3.27. The monoisotopic (exact) mass is 360 g/mol. The first-order valence-corrected chi connectivity index (χ1v) is 7.29. The normalized spacial score (nSPS) is 12.8. The van der Waals surface area contributed by atoms with Crippen LogP contribution in [0.5, 0.6) is 0 Å². The van der Waals surface area contributed by atoms with Crippen LogP contribution in [0.1, 0.15) is 31.1 Å². The average Bonchev–Trinajstić information content (AvgIpc) is 2.84. The van der Waals surface area contributed by atoms with Crippen molar-refractivity contribution in [1.82, 2.24) is 10.4 Å². The van der Waals surface area contributed by atoms with Crippen molar-refractivity contribution in [2.45, 2.75) is 0 Å². The maximum atomic E-state index is 13.1. The van der Waals surface area contributed by atoms with Gasteiger partial charge in [-0.2, -0.15) is 0 Å². The lowest BCUT2D eigenvalue weighted by Crippen LogP contribution is -2.38. The number of nitrogens with zero attached hydrogens (tertiary/aromatic N) is 1. The van der Waals surface area contributed by atoms with Gasteiger partial charge < -0.3 is 10.2 Å². The van der Waals surface area contributed by atoms with Crippen LogP contribution in [0.15, 0.2) is 42.5 Å². The molecule has 0 fully saturated rings. The summed E-state index contributed by atoms with van der Waals surface area (Å²) in [6.07, 6.45) is 0. The molecule has 26 heavy (non-hydrogen) atoms. The lowest BCUT2D eigenvalue weighted by atomic mass is 10.1. The van der Waals surface area contributed by atoms with E-state index in [1.807, 2.05) is 0 Å². The van der Waals surface area contributed by atoms with Gasteiger partial charge >= 0.3 is 5.97 Å². The van der Waals surface area contributed by atoms with E-state index in [9.17, 15) is 28.0 Å². The topological polar surface area (TPSA) is 92.8 Å². The molecule has 0 spiro atoms. The lowest BCUT2D eigenvalue weighted by Gasteiger charge is -2.13. The van der Waals surface area contributed by atoms with Crippen LogP contribution < -0.4 is 5.32 Å². The molecule has 1 aliphatic heterocycles. The van der Waals surface area contributed by atoms with E-state index in [2.05, 4.69) is 10.2 Å². The highest BCUT2D eigenvalue weighted by molar-refractivity contribution is 6.20. The number of halogens is 2. The van der Waals surface area contributed by atoms with Crippen molar-refractivity contribution < 1.29 is 32.8 Å². The second-order valence-electron chi connectivity index (χ2n) is 5.25. The van der Waals surface area contributed by atoms with E-state index in [-0.39, 0.29) is 16.7 Å². The van der Waals surface area contributed by atoms with Crippen LogP contribution in [-0.4, -0.2) is 35.3 Å². The molecule has 0 atom stereocenters. The van der Waals surface area contributed by atoms with Gasteiger partial charge in [-0.25, -0.2) is 13.6 Å². The van der Waals surface area contributed by atoms with Crippen LogP contribution in [0.3, 0.4) is 0 Å². The van der Waals surface area contributed by atoms with Crippen LogP contribution in [0.2, 0.25) is 0 Å². The van der Waals surface area contributed by atoms with Crippen LogP contribution in [0.25, 0.3) is 0 Å². The molecule has 0 radical (unpaired) electrons. The van der Waals surface area contributed by atoms with Gasteiger partial charge in [-0.05, 0) is 24.3 Å². The molecular weight excluding hydrogens is 350 g/mol. The first-order chi connectivity index (χ1) is 12.4. The summed E-state index contributed by atoms with van der Waals surface area (Å²) in [5, 5.41) is 2.37. The smallest absolute Gasteiger partial charge is 0.341 e. The third-order valence-corrected chi connectivity index (χ3v) is 3.47. The zero-order chi connectivity index (χ0) is 18.8. The summed E-state index contributed by atoms with van der Waals surface area (Å²) in [7, 11) is 0. The van der Waals surface area contributed by atoms with Gasteiger partial charge in [0.2, 0.25) is 0 Å². The fraction of sp³-hybridized carbons (Fsp3) is 0.0588. The van der Waals surface area contributed by atoms with Crippen LogP contribution in [0.4, 0.5) is 8.78 Å². The number of fused-ring (bicyclic) bond motifs is 1. The molecule has 0 saturated heterocycles. The summed E-state index contributed by atoms with van der Waals surface area (Å²) in [5.74, 6) is -5.56. The molecule has 7 nitrogen and oxygen atoms in total. The highest BCUT2D eigenvalue weighted by Gasteiger charge is 2.38. The van der Waals surface area contributed by atoms with Crippen LogP contribution >= 0.6 is 0 Å². The van der Waals surface area contributed by atoms with Crippen LogP contribution in [-0.2, 0) is 9.63 Å². The molecule has 1 N–H and O–H groups in total. The fourth-order valence-electron chi connectivity index (χ4n) is 2.32. The summed E-state index contributed by atoms with van der Waals surface area (Å²) >= 11 is 0. The number of nitrogens with one attached hydrogen (secondary N) is 1. The number of hydroxylamine groups is 2. The number of benzene rings is 2. The van der Waals surface area contributed by atoms with Crippen molar-refractivity contribution in [3.8, 4) is 0 Å². The minimum atomic E-state index is -1.11. The first kappa shape index (κ1) is 17.2. The number of hydrogen-bond donors (Lipinski definition) is 1. The van der Waals surface area contributed by atoms with Gasteiger partial charge in [0.05, 0.1) is 11.1 Å². The molecule has 3 rings (SSSR count). The Morgan fingerprint density at radius 2 is 1.50 bits per heavy atom. The molecule has 1 aliphatic rings. The minimum absolute atomic E-state index is 0.0876. The van der Waals surface area contributed by atoms with Gasteiger partial charge in [0, 0.05) is 11.6 Å². The second kappa shape index (κ2) is 6.71. The Morgan fingerprint density at radius 3 is 2.04 bits per heavy atom. The molecule has 0 saturated carbocycles. The Labute approximate surface area is 145 Å². The molecule has 2 aromatic carbocycles. The zero-order valence-electron chi connectivity index (χ0n) is 13.0. The minimum Gasteiger partial charge on any atom is -0.341 e. The Morgan fingerprint density at radius 1 is 0.962 bits per heavy atom. The summed E-state index contributed by atoms with van der Waals surface area (Å²) in [4.78, 5) is 52.3. The molecule has 0 aliphatic carbocycles. The van der Waals surface area contributed by atoms with Gasteiger partial charge in [0.15, 0.2) is 0 Å². The highest BCUT2D eigenvalue weighted by atomic mass is 19.1. The standard InChI is InChI=1S/C17H10F2N2O5/c18-10-5-9(6-11(19)7-10)15(23)20-8-14(22)26-21-16(24)12-3-1-2-4-13(12)17(21)25/h1-7H,8H2,(H,20,23). The summed E-state index contributed by atoms with van der Waals surface area (Å²) in [6, 6.07) is 8.07. The van der Waals surface area contributed by atoms with Crippen molar-refractivity contribution in [3.63, 3.8) is 0 Å². The SMILES string of the molecule is O=C(CNC(=O)c1cc(F)cc(F)c1)ON1C(=O)c2ccccc2C1=O. The zero-order valence-corrected chi connectivity index (χ0v) is 13.0. The number of carbonyl (C=O) groups is 4. The summed E-state index contributed by atoms with van der Waals surface area (Å²) in [5.41, 5.74) is -0.162. The van der Waals surface area contributed by atoms with E-state index in [4.69, 9.17) is 0 Å².